The van der Waals surface area contributed by atoms with Crippen LogP contribution in [0.4, 0.5) is 11.4 Å². The molecule has 2 aliphatic heterocycles. The summed E-state index contributed by atoms with van der Waals surface area (Å²) in [4.78, 5) is 58.8. The molecular formula is C38H31N3O6S2. The monoisotopic (exact) mass is 689 g/mol. The average Bonchev–Trinajstić information content (AvgIpc) is 3.86. The van der Waals surface area contributed by atoms with Gasteiger partial charge >= 0.3 is 4.87 Å². The average molecular weight is 690 g/mol. The third-order valence-electron chi connectivity index (χ3n) is 10.7. The number of aromatic nitrogens is 1. The van der Waals surface area contributed by atoms with Crippen molar-refractivity contribution >= 4 is 63.0 Å². The van der Waals surface area contributed by atoms with Gasteiger partial charge in [0.05, 0.1) is 29.7 Å². The third-order valence-corrected chi connectivity index (χ3v) is 13.3. The Morgan fingerprint density at radius 3 is 2.47 bits per heavy atom. The molecule has 5 aromatic rings. The number of aromatic amines is 1. The van der Waals surface area contributed by atoms with Gasteiger partial charge < -0.3 is 19.8 Å². The molecule has 49 heavy (non-hydrogen) atoms. The third kappa shape index (κ3) is 4.74. The van der Waals surface area contributed by atoms with Crippen molar-refractivity contribution in [3.8, 4) is 11.5 Å². The van der Waals surface area contributed by atoms with E-state index in [-0.39, 0.29) is 70.0 Å². The lowest BCUT2D eigenvalue weighted by molar-refractivity contribution is -0.123. The first-order valence-corrected chi connectivity index (χ1v) is 18.0. The first-order chi connectivity index (χ1) is 23.9. The van der Waals surface area contributed by atoms with Crippen LogP contribution < -0.4 is 24.6 Å². The summed E-state index contributed by atoms with van der Waals surface area (Å²) in [6.07, 6.45) is 0.803. The Labute approximate surface area is 289 Å². The van der Waals surface area contributed by atoms with E-state index in [4.69, 9.17) is 9.47 Å². The second-order valence-electron chi connectivity index (χ2n) is 13.1. The number of para-hydroxylation sites is 1. The van der Waals surface area contributed by atoms with Gasteiger partial charge in [0.2, 0.25) is 11.8 Å². The molecule has 9 rings (SSSR count). The topological polar surface area (TPSA) is 118 Å². The number of carbonyl (C=O) groups excluding carboxylic acids is 3. The lowest BCUT2D eigenvalue weighted by atomic mass is 9.68. The molecule has 2 N–H and O–H groups in total. The number of H-pyrrole nitrogens is 1. The molecule has 2 aliphatic carbocycles. The van der Waals surface area contributed by atoms with Crippen molar-refractivity contribution in [2.45, 2.75) is 22.6 Å². The minimum atomic E-state index is -0.385. The van der Waals surface area contributed by atoms with Crippen LogP contribution in [0, 0.1) is 29.6 Å². The molecule has 7 atom stereocenters. The van der Waals surface area contributed by atoms with Gasteiger partial charge in [0.15, 0.2) is 18.1 Å². The van der Waals surface area contributed by atoms with E-state index in [9.17, 15) is 19.2 Å². The summed E-state index contributed by atoms with van der Waals surface area (Å²) in [5.74, 6) is -0.482. The molecule has 0 spiro atoms. The van der Waals surface area contributed by atoms with E-state index in [1.807, 2.05) is 91.0 Å². The molecule has 0 radical (unpaired) electrons. The molecule has 1 saturated heterocycles. The number of methoxy groups -OCH3 is 1. The largest absolute Gasteiger partial charge is 0.493 e. The summed E-state index contributed by atoms with van der Waals surface area (Å²) in [7, 11) is 1.56. The summed E-state index contributed by atoms with van der Waals surface area (Å²) in [5.41, 5.74) is 2.27. The first-order valence-electron chi connectivity index (χ1n) is 16.3. The van der Waals surface area contributed by atoms with Crippen LogP contribution in [0.5, 0.6) is 11.5 Å². The first kappa shape index (κ1) is 30.2. The van der Waals surface area contributed by atoms with Crippen LogP contribution in [0.3, 0.4) is 0 Å². The molecule has 3 heterocycles. The van der Waals surface area contributed by atoms with E-state index in [0.29, 0.717) is 22.9 Å². The smallest absolute Gasteiger partial charge is 0.305 e. The van der Waals surface area contributed by atoms with Crippen molar-refractivity contribution < 1.29 is 23.9 Å². The van der Waals surface area contributed by atoms with Crippen LogP contribution in [-0.2, 0) is 14.4 Å². The number of fused-ring (bicyclic) bond motifs is 10. The van der Waals surface area contributed by atoms with Gasteiger partial charge in [-0.2, -0.15) is 0 Å². The summed E-state index contributed by atoms with van der Waals surface area (Å²) in [6, 6.07) is 28.5. The van der Waals surface area contributed by atoms with Crippen molar-refractivity contribution in [3.63, 3.8) is 0 Å². The van der Waals surface area contributed by atoms with E-state index in [1.54, 1.807) is 18.9 Å². The Morgan fingerprint density at radius 2 is 1.65 bits per heavy atom. The number of imide groups is 1. The Balaban J connectivity index is 1.00. The summed E-state index contributed by atoms with van der Waals surface area (Å²) >= 11 is 2.86. The Morgan fingerprint density at radius 1 is 0.898 bits per heavy atom. The number of carbonyl (C=O) groups is 3. The Bertz CT molecular complexity index is 2210. The normalized spacial score (nSPS) is 26.4. The molecule has 2 saturated carbocycles. The number of nitrogens with one attached hydrogen (secondary N) is 2. The quantitative estimate of drug-likeness (QED) is 0.193. The van der Waals surface area contributed by atoms with Crippen LogP contribution in [0.2, 0.25) is 0 Å². The minimum Gasteiger partial charge on any atom is -0.493 e. The standard InChI is InChI=1S/C38H31N3O6S2/c1-46-27-16-20(14-15-26(27)47-18-28(42)39-25-13-7-9-19-8-5-6-12-22(19)25)29-30-23-17-24(33(30)48-35-34(29)49-38(45)40-35)32-31(23)36(43)41(37(32)44)21-10-3-2-4-11-21/h2-16,23-24,29-33H,17-18H2,1H3,(H,39,42)(H,40,45)/t23-,24-,29-,30?,31?,32?,33?/m1/s1. The number of rotatable bonds is 7. The van der Waals surface area contributed by atoms with E-state index >= 15 is 0 Å². The molecule has 3 amide bonds. The van der Waals surface area contributed by atoms with Crippen LogP contribution in [0.1, 0.15) is 22.8 Å². The Kier molecular flexibility index (Phi) is 7.17. The van der Waals surface area contributed by atoms with Crippen LogP contribution in [0.25, 0.3) is 10.8 Å². The lowest BCUT2D eigenvalue weighted by Gasteiger charge is -2.43. The van der Waals surface area contributed by atoms with Gasteiger partial charge in [-0.05, 0) is 65.5 Å². The fourth-order valence-electron chi connectivity index (χ4n) is 8.88. The van der Waals surface area contributed by atoms with Crippen LogP contribution >= 0.6 is 23.1 Å². The van der Waals surface area contributed by atoms with Crippen molar-refractivity contribution in [3.05, 3.63) is 111 Å². The van der Waals surface area contributed by atoms with Gasteiger partial charge in [0.1, 0.15) is 0 Å². The maximum atomic E-state index is 14.0. The number of benzene rings is 4. The molecule has 3 fully saturated rings. The van der Waals surface area contributed by atoms with E-state index in [2.05, 4.69) is 10.3 Å². The number of nitrogens with zero attached hydrogens (tertiary/aromatic N) is 1. The molecule has 4 aromatic carbocycles. The number of hydrogen-bond acceptors (Lipinski definition) is 8. The molecule has 11 heteroatoms. The summed E-state index contributed by atoms with van der Waals surface area (Å²) in [6.45, 7) is -0.214. The number of thiazole rings is 1. The molecular weight excluding hydrogens is 659 g/mol. The van der Waals surface area contributed by atoms with Crippen molar-refractivity contribution in [1.82, 2.24) is 4.98 Å². The highest BCUT2D eigenvalue weighted by molar-refractivity contribution is 8.00. The van der Waals surface area contributed by atoms with Gasteiger partial charge in [-0.3, -0.25) is 24.1 Å². The molecule has 2 bridgehead atoms. The molecule has 246 valence electrons. The molecule has 9 nitrogen and oxygen atoms in total. The second kappa shape index (κ2) is 11.6. The predicted molar refractivity (Wildman–Crippen MR) is 188 cm³/mol. The highest BCUT2D eigenvalue weighted by Gasteiger charge is 2.69. The zero-order chi connectivity index (χ0) is 33.4. The molecule has 4 unspecified atom stereocenters. The SMILES string of the molecule is COc1cc([C@H]2c3sc(=O)[nH]c3SC3C2[C@H]2C[C@@H]3C3C(=O)N(c4ccccc4)C(=O)C32)ccc1OCC(=O)Nc1cccc2ccccc12. The van der Waals surface area contributed by atoms with Crippen LogP contribution in [-0.4, -0.2) is 41.7 Å². The van der Waals surface area contributed by atoms with Crippen molar-refractivity contribution in [2.24, 2.45) is 29.6 Å². The van der Waals surface area contributed by atoms with Crippen molar-refractivity contribution in [2.75, 3.05) is 23.9 Å². The number of ether oxygens (including phenoxy) is 2. The fourth-order valence-corrected chi connectivity index (χ4v) is 11.8. The number of anilines is 2. The van der Waals surface area contributed by atoms with E-state index in [1.165, 1.54) is 16.2 Å². The lowest BCUT2D eigenvalue weighted by Crippen LogP contribution is -2.42. The zero-order valence-corrected chi connectivity index (χ0v) is 28.0. The number of hydrogen-bond donors (Lipinski definition) is 2. The van der Waals surface area contributed by atoms with E-state index in [0.717, 1.165) is 32.7 Å². The van der Waals surface area contributed by atoms with Gasteiger partial charge in [-0.15, -0.1) is 11.8 Å². The van der Waals surface area contributed by atoms with Gasteiger partial charge in [0.25, 0.3) is 5.91 Å². The number of amides is 3. The highest BCUT2D eigenvalue weighted by atomic mass is 32.2. The van der Waals surface area contributed by atoms with Gasteiger partial charge in [-0.1, -0.05) is 72.0 Å². The Hall–Kier alpha value is -4.87. The minimum absolute atomic E-state index is 0.00676. The predicted octanol–water partition coefficient (Wildman–Crippen LogP) is 6.29. The maximum absolute atomic E-state index is 14.0. The summed E-state index contributed by atoms with van der Waals surface area (Å²) < 4.78 is 11.8. The fraction of sp³-hybridized carbons (Fsp3) is 0.263. The molecule has 4 aliphatic rings. The highest BCUT2D eigenvalue weighted by Crippen LogP contribution is 2.68. The van der Waals surface area contributed by atoms with Gasteiger partial charge in [0, 0.05) is 27.1 Å². The van der Waals surface area contributed by atoms with Crippen LogP contribution in [0.15, 0.2) is 101 Å². The van der Waals surface area contributed by atoms with Gasteiger partial charge in [-0.25, -0.2) is 0 Å². The number of thioether (sulfide) groups is 1. The molecule has 1 aromatic heterocycles. The van der Waals surface area contributed by atoms with Crippen molar-refractivity contribution in [1.29, 1.82) is 0 Å². The van der Waals surface area contributed by atoms with E-state index < -0.39 is 0 Å². The second-order valence-corrected chi connectivity index (χ2v) is 15.3. The maximum Gasteiger partial charge on any atom is 0.305 e. The summed E-state index contributed by atoms with van der Waals surface area (Å²) in [5, 5.41) is 5.84. The zero-order valence-electron chi connectivity index (χ0n) is 26.3.